The number of thiophene rings is 1. The van der Waals surface area contributed by atoms with Crippen LogP contribution in [-0.2, 0) is 12.6 Å². The van der Waals surface area contributed by atoms with Crippen molar-refractivity contribution in [1.29, 1.82) is 0 Å². The number of hydrogen-bond acceptors (Lipinski definition) is 3. The van der Waals surface area contributed by atoms with Gasteiger partial charge in [-0.3, -0.25) is 0 Å². The first kappa shape index (κ1) is 12.9. The van der Waals surface area contributed by atoms with Crippen molar-refractivity contribution in [2.24, 2.45) is 0 Å². The average Bonchev–Trinajstić information content (AvgIpc) is 2.76. The van der Waals surface area contributed by atoms with Gasteiger partial charge < -0.3 is 10.2 Å². The first-order valence-electron chi connectivity index (χ1n) is 5.65. The fourth-order valence-corrected chi connectivity index (χ4v) is 2.73. The maximum Gasteiger partial charge on any atom is 0.425 e. The zero-order valence-electron chi connectivity index (χ0n) is 9.39. The van der Waals surface area contributed by atoms with Crippen molar-refractivity contribution < 1.29 is 13.2 Å². The van der Waals surface area contributed by atoms with Gasteiger partial charge in [-0.25, -0.2) is 0 Å². The van der Waals surface area contributed by atoms with Crippen LogP contribution in [0.5, 0.6) is 0 Å². The molecule has 1 aliphatic rings. The summed E-state index contributed by atoms with van der Waals surface area (Å²) in [5, 5.41) is 3.25. The molecule has 0 amide bonds. The smallest absolute Gasteiger partial charge is 0.314 e. The molecule has 1 aliphatic heterocycles. The van der Waals surface area contributed by atoms with E-state index in [1.807, 2.05) is 0 Å². The summed E-state index contributed by atoms with van der Waals surface area (Å²) < 4.78 is 37.2. The van der Waals surface area contributed by atoms with Gasteiger partial charge in [-0.1, -0.05) is 0 Å². The average molecular weight is 264 g/mol. The van der Waals surface area contributed by atoms with Gasteiger partial charge in [0.15, 0.2) is 0 Å². The second-order valence-electron chi connectivity index (χ2n) is 4.11. The van der Waals surface area contributed by atoms with Crippen LogP contribution in [0.3, 0.4) is 0 Å². The summed E-state index contributed by atoms with van der Waals surface area (Å²) in [6.45, 7) is 4.75. The summed E-state index contributed by atoms with van der Waals surface area (Å²) in [6.07, 6.45) is -3.49. The van der Waals surface area contributed by atoms with Crippen LogP contribution in [0.1, 0.15) is 9.75 Å². The van der Waals surface area contributed by atoms with Crippen molar-refractivity contribution in [3.63, 3.8) is 0 Å². The molecular weight excluding hydrogens is 249 g/mol. The molecule has 0 bridgehead atoms. The van der Waals surface area contributed by atoms with Crippen LogP contribution in [0.2, 0.25) is 0 Å². The van der Waals surface area contributed by atoms with Crippen LogP contribution in [0.25, 0.3) is 0 Å². The summed E-state index contributed by atoms with van der Waals surface area (Å²) in [5.41, 5.74) is 0. The largest absolute Gasteiger partial charge is 0.425 e. The Labute approximate surface area is 102 Å². The quantitative estimate of drug-likeness (QED) is 0.900. The van der Waals surface area contributed by atoms with Crippen LogP contribution in [0, 0.1) is 0 Å². The molecule has 0 unspecified atom stereocenters. The van der Waals surface area contributed by atoms with Crippen LogP contribution in [-0.4, -0.2) is 37.6 Å². The van der Waals surface area contributed by atoms with E-state index >= 15 is 0 Å². The standard InChI is InChI=1S/C11H15F3N2S/c12-11(13,14)10-2-1-9(17-10)3-6-16-7-4-15-5-8-16/h1-2,15H,3-8H2. The van der Waals surface area contributed by atoms with E-state index in [1.165, 1.54) is 6.07 Å². The molecule has 1 aromatic rings. The third kappa shape index (κ3) is 3.69. The van der Waals surface area contributed by atoms with Gasteiger partial charge in [0.25, 0.3) is 0 Å². The first-order valence-corrected chi connectivity index (χ1v) is 6.46. The molecule has 2 rings (SSSR count). The first-order chi connectivity index (χ1) is 8.05. The molecule has 0 spiro atoms. The Balaban J connectivity index is 1.84. The predicted octanol–water partition coefficient (Wildman–Crippen LogP) is 2.21. The Kier molecular flexibility index (Phi) is 4.06. The Morgan fingerprint density at radius 1 is 1.24 bits per heavy atom. The van der Waals surface area contributed by atoms with Gasteiger partial charge in [0.1, 0.15) is 4.88 Å². The minimum Gasteiger partial charge on any atom is -0.314 e. The van der Waals surface area contributed by atoms with E-state index in [2.05, 4.69) is 10.2 Å². The molecule has 0 radical (unpaired) electrons. The van der Waals surface area contributed by atoms with Crippen molar-refractivity contribution in [3.8, 4) is 0 Å². The SMILES string of the molecule is FC(F)(F)c1ccc(CCN2CCNCC2)s1. The topological polar surface area (TPSA) is 15.3 Å². The molecule has 0 aromatic carbocycles. The molecule has 0 saturated carbocycles. The van der Waals surface area contributed by atoms with Crippen LogP contribution >= 0.6 is 11.3 Å². The van der Waals surface area contributed by atoms with E-state index < -0.39 is 11.1 Å². The van der Waals surface area contributed by atoms with Crippen LogP contribution in [0.4, 0.5) is 13.2 Å². The fourth-order valence-electron chi connectivity index (χ4n) is 1.87. The molecule has 1 saturated heterocycles. The Morgan fingerprint density at radius 2 is 1.94 bits per heavy atom. The molecule has 1 N–H and O–H groups in total. The molecule has 6 heteroatoms. The molecular formula is C11H15F3N2S. The molecule has 96 valence electrons. The van der Waals surface area contributed by atoms with E-state index in [9.17, 15) is 13.2 Å². The number of alkyl halides is 3. The van der Waals surface area contributed by atoms with Gasteiger partial charge in [0, 0.05) is 37.6 Å². The van der Waals surface area contributed by atoms with E-state index in [0.29, 0.717) is 6.42 Å². The summed E-state index contributed by atoms with van der Waals surface area (Å²) in [4.78, 5) is 2.60. The maximum absolute atomic E-state index is 12.4. The Morgan fingerprint density at radius 3 is 2.53 bits per heavy atom. The highest BCUT2D eigenvalue weighted by Crippen LogP contribution is 2.34. The number of halogens is 3. The number of piperazine rings is 1. The zero-order chi connectivity index (χ0) is 12.3. The summed E-state index contributed by atoms with van der Waals surface area (Å²) in [6, 6.07) is 2.77. The molecule has 1 fully saturated rings. The van der Waals surface area contributed by atoms with Crippen LogP contribution in [0.15, 0.2) is 12.1 Å². The highest BCUT2D eigenvalue weighted by Gasteiger charge is 2.32. The minimum atomic E-state index is -4.20. The molecule has 17 heavy (non-hydrogen) atoms. The molecule has 0 atom stereocenters. The van der Waals surface area contributed by atoms with Crippen molar-refractivity contribution in [3.05, 3.63) is 21.9 Å². The third-order valence-electron chi connectivity index (χ3n) is 2.83. The predicted molar refractivity (Wildman–Crippen MR) is 62.3 cm³/mol. The maximum atomic E-state index is 12.4. The lowest BCUT2D eigenvalue weighted by Crippen LogP contribution is -2.44. The van der Waals surface area contributed by atoms with Crippen molar-refractivity contribution in [2.45, 2.75) is 12.6 Å². The van der Waals surface area contributed by atoms with Crippen molar-refractivity contribution >= 4 is 11.3 Å². The van der Waals surface area contributed by atoms with Crippen LogP contribution < -0.4 is 5.32 Å². The highest BCUT2D eigenvalue weighted by molar-refractivity contribution is 7.12. The van der Waals surface area contributed by atoms with Gasteiger partial charge in [-0.2, -0.15) is 13.2 Å². The minimum absolute atomic E-state index is 0.493. The number of rotatable bonds is 3. The lowest BCUT2D eigenvalue weighted by molar-refractivity contribution is -0.134. The Hall–Kier alpha value is -0.590. The summed E-state index contributed by atoms with van der Waals surface area (Å²) >= 11 is 0.861. The zero-order valence-corrected chi connectivity index (χ0v) is 10.2. The molecule has 2 heterocycles. The number of hydrogen-bond donors (Lipinski definition) is 1. The normalized spacial score (nSPS) is 18.5. The van der Waals surface area contributed by atoms with E-state index in [1.54, 1.807) is 6.07 Å². The number of nitrogens with zero attached hydrogens (tertiary/aromatic N) is 1. The van der Waals surface area contributed by atoms with Crippen molar-refractivity contribution in [1.82, 2.24) is 10.2 Å². The lowest BCUT2D eigenvalue weighted by Gasteiger charge is -2.26. The van der Waals surface area contributed by atoms with Gasteiger partial charge in [-0.15, -0.1) is 11.3 Å². The second-order valence-corrected chi connectivity index (χ2v) is 5.27. The van der Waals surface area contributed by atoms with Gasteiger partial charge in [0.05, 0.1) is 0 Å². The molecule has 0 aliphatic carbocycles. The second kappa shape index (κ2) is 5.37. The Bertz CT molecular complexity index is 356. The van der Waals surface area contributed by atoms with E-state index in [0.717, 1.165) is 48.9 Å². The monoisotopic (exact) mass is 264 g/mol. The molecule has 1 aromatic heterocycles. The summed E-state index contributed by atoms with van der Waals surface area (Å²) in [7, 11) is 0. The van der Waals surface area contributed by atoms with E-state index in [4.69, 9.17) is 0 Å². The summed E-state index contributed by atoms with van der Waals surface area (Å²) in [5.74, 6) is 0. The van der Waals surface area contributed by atoms with Gasteiger partial charge in [-0.05, 0) is 18.6 Å². The molecule has 2 nitrogen and oxygen atoms in total. The van der Waals surface area contributed by atoms with Gasteiger partial charge in [0.2, 0.25) is 0 Å². The van der Waals surface area contributed by atoms with E-state index in [-0.39, 0.29) is 0 Å². The van der Waals surface area contributed by atoms with Crippen molar-refractivity contribution in [2.75, 3.05) is 32.7 Å². The third-order valence-corrected chi connectivity index (χ3v) is 4.01. The lowest BCUT2D eigenvalue weighted by atomic mass is 10.3. The fraction of sp³-hybridized carbons (Fsp3) is 0.636. The highest BCUT2D eigenvalue weighted by atomic mass is 32.1. The van der Waals surface area contributed by atoms with Gasteiger partial charge >= 0.3 is 6.18 Å². The number of nitrogens with one attached hydrogen (secondary N) is 1.